The molecule has 0 aliphatic rings. The maximum atomic E-state index is 12.1. The van der Waals surface area contributed by atoms with E-state index in [-0.39, 0.29) is 5.91 Å². The number of carbonyl (C=O) groups is 2. The first-order chi connectivity index (χ1) is 9.58. The molecule has 20 heavy (non-hydrogen) atoms. The number of nitrogens with one attached hydrogen (secondary N) is 1. The number of carboxylic acids is 1. The number of ether oxygens (including phenoxy) is 1. The lowest BCUT2D eigenvalue weighted by Crippen LogP contribution is -2.40. The molecule has 0 fully saturated rings. The largest absolute Gasteiger partial charge is 0.480 e. The predicted octanol–water partition coefficient (Wildman–Crippen LogP) is 2.21. The van der Waals surface area contributed by atoms with Gasteiger partial charge in [0.25, 0.3) is 5.91 Å². The number of carbonyl (C=O) groups excluding carboxylic acids is 1. The number of carboxylic acid groups (broad SMARTS) is 1. The van der Waals surface area contributed by atoms with E-state index in [2.05, 4.69) is 5.32 Å². The molecule has 0 aliphatic carbocycles. The second kappa shape index (κ2) is 8.32. The fourth-order valence-corrected chi connectivity index (χ4v) is 1.88. The minimum Gasteiger partial charge on any atom is -0.480 e. The SMILES string of the molecule is CCCCC(NC(=O)c1cccc(COC)c1)C(=O)O. The smallest absolute Gasteiger partial charge is 0.326 e. The molecule has 0 aliphatic heterocycles. The number of rotatable bonds is 8. The Kier molecular flexibility index (Phi) is 6.73. The van der Waals surface area contributed by atoms with Crippen molar-refractivity contribution in [3.8, 4) is 0 Å². The van der Waals surface area contributed by atoms with Crippen molar-refractivity contribution in [3.63, 3.8) is 0 Å². The summed E-state index contributed by atoms with van der Waals surface area (Å²) in [5.74, 6) is -1.37. The maximum Gasteiger partial charge on any atom is 0.326 e. The van der Waals surface area contributed by atoms with E-state index >= 15 is 0 Å². The van der Waals surface area contributed by atoms with Crippen LogP contribution in [-0.2, 0) is 16.1 Å². The van der Waals surface area contributed by atoms with Crippen molar-refractivity contribution < 1.29 is 19.4 Å². The van der Waals surface area contributed by atoms with E-state index in [4.69, 9.17) is 9.84 Å². The van der Waals surface area contributed by atoms with Gasteiger partial charge in [-0.25, -0.2) is 4.79 Å². The molecule has 1 rings (SSSR count). The molecule has 0 radical (unpaired) electrons. The average Bonchev–Trinajstić information content (AvgIpc) is 2.43. The molecule has 1 aromatic rings. The molecule has 1 unspecified atom stereocenters. The minimum absolute atomic E-state index is 0.369. The molecule has 5 heteroatoms. The molecule has 0 aromatic heterocycles. The maximum absolute atomic E-state index is 12.1. The summed E-state index contributed by atoms with van der Waals surface area (Å²) in [6.07, 6.45) is 2.10. The van der Waals surface area contributed by atoms with Gasteiger partial charge >= 0.3 is 5.97 Å². The first-order valence-corrected chi connectivity index (χ1v) is 6.70. The highest BCUT2D eigenvalue weighted by Crippen LogP contribution is 2.08. The summed E-state index contributed by atoms with van der Waals surface area (Å²) >= 11 is 0. The number of unbranched alkanes of at least 4 members (excludes halogenated alkanes) is 1. The second-order valence-electron chi connectivity index (χ2n) is 4.64. The molecular formula is C15H21NO4. The first kappa shape index (κ1) is 16.2. The molecule has 1 atom stereocenters. The normalized spacial score (nSPS) is 11.9. The minimum atomic E-state index is -1.00. The first-order valence-electron chi connectivity index (χ1n) is 6.70. The molecule has 1 amide bonds. The van der Waals surface area contributed by atoms with Crippen molar-refractivity contribution in [2.75, 3.05) is 7.11 Å². The van der Waals surface area contributed by atoms with Gasteiger partial charge in [-0.15, -0.1) is 0 Å². The van der Waals surface area contributed by atoms with Crippen LogP contribution in [0.1, 0.15) is 42.1 Å². The zero-order chi connectivity index (χ0) is 15.0. The van der Waals surface area contributed by atoms with Crippen LogP contribution in [-0.4, -0.2) is 30.1 Å². The van der Waals surface area contributed by atoms with E-state index in [1.807, 2.05) is 13.0 Å². The van der Waals surface area contributed by atoms with Crippen LogP contribution in [0, 0.1) is 0 Å². The Balaban J connectivity index is 2.72. The second-order valence-corrected chi connectivity index (χ2v) is 4.64. The Labute approximate surface area is 118 Å². The summed E-state index contributed by atoms with van der Waals surface area (Å²) in [7, 11) is 1.58. The van der Waals surface area contributed by atoms with E-state index < -0.39 is 12.0 Å². The van der Waals surface area contributed by atoms with Crippen LogP contribution >= 0.6 is 0 Å². The van der Waals surface area contributed by atoms with Crippen molar-refractivity contribution in [2.45, 2.75) is 38.8 Å². The molecule has 0 spiro atoms. The van der Waals surface area contributed by atoms with Crippen molar-refractivity contribution in [2.24, 2.45) is 0 Å². The van der Waals surface area contributed by atoms with Gasteiger partial charge in [0.15, 0.2) is 0 Å². The quantitative estimate of drug-likeness (QED) is 0.765. The van der Waals surface area contributed by atoms with Gasteiger partial charge in [0.2, 0.25) is 0 Å². The molecule has 110 valence electrons. The number of aliphatic carboxylic acids is 1. The van der Waals surface area contributed by atoms with E-state index in [1.165, 1.54) is 0 Å². The Morgan fingerprint density at radius 3 is 2.75 bits per heavy atom. The van der Waals surface area contributed by atoms with Gasteiger partial charge < -0.3 is 15.2 Å². The summed E-state index contributed by atoms with van der Waals surface area (Å²) < 4.78 is 5.01. The zero-order valence-corrected chi connectivity index (χ0v) is 11.9. The number of hydrogen-bond acceptors (Lipinski definition) is 3. The van der Waals surface area contributed by atoms with Crippen molar-refractivity contribution in [1.82, 2.24) is 5.32 Å². The lowest BCUT2D eigenvalue weighted by atomic mass is 10.1. The van der Waals surface area contributed by atoms with Crippen molar-refractivity contribution in [1.29, 1.82) is 0 Å². The molecule has 0 saturated heterocycles. The van der Waals surface area contributed by atoms with Crippen LogP contribution < -0.4 is 5.32 Å². The van der Waals surface area contributed by atoms with Crippen LogP contribution in [0.25, 0.3) is 0 Å². The molecule has 0 heterocycles. The standard InChI is InChI=1S/C15H21NO4/c1-3-4-8-13(15(18)19)16-14(17)12-7-5-6-11(9-12)10-20-2/h5-7,9,13H,3-4,8,10H2,1-2H3,(H,16,17)(H,18,19). The molecular weight excluding hydrogens is 258 g/mol. The highest BCUT2D eigenvalue weighted by atomic mass is 16.5. The van der Waals surface area contributed by atoms with Crippen LogP contribution in [0.5, 0.6) is 0 Å². The van der Waals surface area contributed by atoms with Crippen LogP contribution in [0.3, 0.4) is 0 Å². The summed E-state index contributed by atoms with van der Waals surface area (Å²) in [5, 5.41) is 11.7. The molecule has 1 aromatic carbocycles. The van der Waals surface area contributed by atoms with Gasteiger partial charge in [-0.2, -0.15) is 0 Å². The number of amides is 1. The van der Waals surface area contributed by atoms with E-state index in [9.17, 15) is 9.59 Å². The lowest BCUT2D eigenvalue weighted by molar-refractivity contribution is -0.139. The van der Waals surface area contributed by atoms with Gasteiger partial charge in [0.05, 0.1) is 6.61 Å². The van der Waals surface area contributed by atoms with Crippen molar-refractivity contribution >= 4 is 11.9 Å². The van der Waals surface area contributed by atoms with E-state index in [0.29, 0.717) is 18.6 Å². The lowest BCUT2D eigenvalue weighted by Gasteiger charge is -2.14. The molecule has 2 N–H and O–H groups in total. The summed E-state index contributed by atoms with van der Waals surface area (Å²) in [6.45, 7) is 2.40. The predicted molar refractivity (Wildman–Crippen MR) is 75.6 cm³/mol. The average molecular weight is 279 g/mol. The number of benzene rings is 1. The monoisotopic (exact) mass is 279 g/mol. The van der Waals surface area contributed by atoms with Gasteiger partial charge in [-0.1, -0.05) is 31.9 Å². The van der Waals surface area contributed by atoms with Gasteiger partial charge in [0.1, 0.15) is 6.04 Å². The Morgan fingerprint density at radius 1 is 1.40 bits per heavy atom. The van der Waals surface area contributed by atoms with Crippen molar-refractivity contribution in [3.05, 3.63) is 35.4 Å². The summed E-state index contributed by atoms with van der Waals surface area (Å²) in [6, 6.07) is 6.13. The molecule has 0 saturated carbocycles. The van der Waals surface area contributed by atoms with Gasteiger partial charge in [-0.3, -0.25) is 4.79 Å². The van der Waals surface area contributed by atoms with E-state index in [1.54, 1.807) is 25.3 Å². The topological polar surface area (TPSA) is 75.6 Å². The third-order valence-electron chi connectivity index (χ3n) is 2.95. The fourth-order valence-electron chi connectivity index (χ4n) is 1.88. The number of hydrogen-bond donors (Lipinski definition) is 2. The van der Waals surface area contributed by atoms with Gasteiger partial charge in [0, 0.05) is 12.7 Å². The Hall–Kier alpha value is -1.88. The third kappa shape index (κ3) is 5.01. The van der Waals surface area contributed by atoms with E-state index in [0.717, 1.165) is 18.4 Å². The van der Waals surface area contributed by atoms with Gasteiger partial charge in [-0.05, 0) is 24.1 Å². The number of methoxy groups -OCH3 is 1. The van der Waals surface area contributed by atoms with Crippen LogP contribution in [0.2, 0.25) is 0 Å². The van der Waals surface area contributed by atoms with Crippen LogP contribution in [0.4, 0.5) is 0 Å². The third-order valence-corrected chi connectivity index (χ3v) is 2.95. The Bertz CT molecular complexity index is 459. The highest BCUT2D eigenvalue weighted by molar-refractivity contribution is 5.96. The summed E-state index contributed by atoms with van der Waals surface area (Å²) in [4.78, 5) is 23.2. The highest BCUT2D eigenvalue weighted by Gasteiger charge is 2.19. The van der Waals surface area contributed by atoms with Crippen LogP contribution in [0.15, 0.2) is 24.3 Å². The molecule has 0 bridgehead atoms. The summed E-state index contributed by atoms with van der Waals surface area (Å²) in [5.41, 5.74) is 1.32. The Morgan fingerprint density at radius 2 is 2.15 bits per heavy atom. The molecule has 5 nitrogen and oxygen atoms in total. The fraction of sp³-hybridized carbons (Fsp3) is 0.467. The zero-order valence-electron chi connectivity index (χ0n) is 11.9.